The molecule has 1 amide bonds. The van der Waals surface area contributed by atoms with Crippen molar-refractivity contribution in [3.05, 3.63) is 35.4 Å². The monoisotopic (exact) mass is 506 g/mol. The van der Waals surface area contributed by atoms with Crippen molar-refractivity contribution in [1.29, 1.82) is 0 Å². The first kappa shape index (κ1) is 25.9. The molecule has 2 heterocycles. The molecule has 1 aliphatic heterocycles. The van der Waals surface area contributed by atoms with Gasteiger partial charge in [0.25, 0.3) is 0 Å². The standard InChI is InChI=1S/C24H33F3N8O/c1-28-21-31-22(33-23(32-21)35-12-10-34(2)11-13-35)30-18-8-5-7-16(14-18)20(36)29-15-17-6-3-4-9-19(17)24(25,26)27/h3-4,6,9,16,18H,5,7-8,10-15H2,1-2H3,(H,29,36)(H2,28,30,31,32,33). The Morgan fingerprint density at radius 1 is 1.06 bits per heavy atom. The van der Waals surface area contributed by atoms with Gasteiger partial charge in [0.1, 0.15) is 0 Å². The summed E-state index contributed by atoms with van der Waals surface area (Å²) in [6.07, 6.45) is -1.54. The summed E-state index contributed by atoms with van der Waals surface area (Å²) in [5.74, 6) is 1.00. The van der Waals surface area contributed by atoms with E-state index in [1.54, 1.807) is 13.1 Å². The van der Waals surface area contributed by atoms with Gasteiger partial charge in [-0.15, -0.1) is 0 Å². The second-order valence-corrected chi connectivity index (χ2v) is 9.40. The Bertz CT molecular complexity index is 1040. The Morgan fingerprint density at radius 3 is 2.50 bits per heavy atom. The van der Waals surface area contributed by atoms with E-state index < -0.39 is 11.7 Å². The normalized spacial score (nSPS) is 21.2. The molecule has 1 aliphatic carbocycles. The van der Waals surface area contributed by atoms with E-state index in [-0.39, 0.29) is 30.0 Å². The third-order valence-corrected chi connectivity index (χ3v) is 6.79. The fourth-order valence-electron chi connectivity index (χ4n) is 4.71. The Morgan fingerprint density at radius 2 is 1.78 bits per heavy atom. The van der Waals surface area contributed by atoms with Gasteiger partial charge in [-0.05, 0) is 37.9 Å². The van der Waals surface area contributed by atoms with Crippen molar-refractivity contribution in [2.24, 2.45) is 5.92 Å². The number of hydrogen-bond donors (Lipinski definition) is 3. The lowest BCUT2D eigenvalue weighted by atomic mass is 9.85. The van der Waals surface area contributed by atoms with Crippen LogP contribution in [0.3, 0.4) is 0 Å². The molecule has 36 heavy (non-hydrogen) atoms. The molecule has 0 bridgehead atoms. The number of nitrogens with one attached hydrogen (secondary N) is 3. The highest BCUT2D eigenvalue weighted by Gasteiger charge is 2.33. The number of likely N-dealkylation sites (N-methyl/N-ethyl adjacent to an activating group) is 1. The van der Waals surface area contributed by atoms with Crippen LogP contribution in [-0.2, 0) is 17.5 Å². The van der Waals surface area contributed by atoms with E-state index in [0.29, 0.717) is 30.7 Å². The molecule has 2 aliphatic rings. The van der Waals surface area contributed by atoms with Gasteiger partial charge in [0.15, 0.2) is 0 Å². The van der Waals surface area contributed by atoms with Crippen LogP contribution in [0.25, 0.3) is 0 Å². The number of hydrogen-bond acceptors (Lipinski definition) is 8. The van der Waals surface area contributed by atoms with Crippen molar-refractivity contribution in [1.82, 2.24) is 25.2 Å². The number of rotatable bonds is 7. The summed E-state index contributed by atoms with van der Waals surface area (Å²) in [6.45, 7) is 3.35. The van der Waals surface area contributed by atoms with Crippen LogP contribution in [0.1, 0.15) is 36.8 Å². The first-order chi connectivity index (χ1) is 17.2. The predicted molar refractivity (Wildman–Crippen MR) is 132 cm³/mol. The number of alkyl halides is 3. The third-order valence-electron chi connectivity index (χ3n) is 6.79. The summed E-state index contributed by atoms with van der Waals surface area (Å²) in [6, 6.07) is 5.30. The van der Waals surface area contributed by atoms with Crippen molar-refractivity contribution in [3.63, 3.8) is 0 Å². The first-order valence-corrected chi connectivity index (χ1v) is 12.3. The van der Waals surface area contributed by atoms with Crippen LogP contribution in [0.4, 0.5) is 31.0 Å². The van der Waals surface area contributed by atoms with E-state index in [2.05, 4.69) is 47.7 Å². The van der Waals surface area contributed by atoms with E-state index in [4.69, 9.17) is 0 Å². The molecule has 12 heteroatoms. The molecule has 0 radical (unpaired) electrons. The highest BCUT2D eigenvalue weighted by atomic mass is 19.4. The molecule has 196 valence electrons. The lowest BCUT2D eigenvalue weighted by Crippen LogP contribution is -2.45. The second-order valence-electron chi connectivity index (χ2n) is 9.40. The second kappa shape index (κ2) is 11.3. The molecule has 1 saturated heterocycles. The van der Waals surface area contributed by atoms with Crippen LogP contribution < -0.4 is 20.9 Å². The van der Waals surface area contributed by atoms with E-state index >= 15 is 0 Å². The molecule has 3 N–H and O–H groups in total. The Kier molecular flexibility index (Phi) is 8.12. The van der Waals surface area contributed by atoms with Gasteiger partial charge in [0.2, 0.25) is 23.8 Å². The van der Waals surface area contributed by atoms with Crippen molar-refractivity contribution in [3.8, 4) is 0 Å². The summed E-state index contributed by atoms with van der Waals surface area (Å²) >= 11 is 0. The average Bonchev–Trinajstić information content (AvgIpc) is 2.87. The number of carbonyl (C=O) groups excluding carboxylic acids is 1. The molecule has 2 unspecified atom stereocenters. The van der Waals surface area contributed by atoms with Gasteiger partial charge in [0, 0.05) is 51.7 Å². The Labute approximate surface area is 208 Å². The Balaban J connectivity index is 1.37. The molecule has 4 rings (SSSR count). The molecule has 2 fully saturated rings. The van der Waals surface area contributed by atoms with E-state index in [1.165, 1.54) is 12.1 Å². The van der Waals surface area contributed by atoms with E-state index in [1.807, 2.05) is 0 Å². The quantitative estimate of drug-likeness (QED) is 0.528. The molecule has 2 aromatic rings. The molecule has 2 atom stereocenters. The maximum Gasteiger partial charge on any atom is 0.416 e. The molecule has 1 aromatic heterocycles. The first-order valence-electron chi connectivity index (χ1n) is 12.3. The summed E-state index contributed by atoms with van der Waals surface area (Å²) in [5.41, 5.74) is -0.662. The smallest absolute Gasteiger partial charge is 0.357 e. The minimum atomic E-state index is -4.46. The Hall–Kier alpha value is -3.15. The van der Waals surface area contributed by atoms with Gasteiger partial charge in [-0.3, -0.25) is 4.79 Å². The minimum absolute atomic E-state index is 0.0237. The van der Waals surface area contributed by atoms with Gasteiger partial charge in [-0.25, -0.2) is 0 Å². The zero-order chi connectivity index (χ0) is 25.7. The number of halogens is 3. The molecule has 1 aromatic carbocycles. The molecular formula is C24H33F3N8O. The van der Waals surface area contributed by atoms with Crippen LogP contribution in [0.5, 0.6) is 0 Å². The highest BCUT2D eigenvalue weighted by molar-refractivity contribution is 5.78. The third kappa shape index (κ3) is 6.54. The highest BCUT2D eigenvalue weighted by Crippen LogP contribution is 2.32. The van der Waals surface area contributed by atoms with Crippen molar-refractivity contribution in [2.75, 3.05) is 55.8 Å². The average molecular weight is 507 g/mol. The summed E-state index contributed by atoms with van der Waals surface area (Å²) in [5, 5.41) is 9.06. The zero-order valence-electron chi connectivity index (χ0n) is 20.6. The van der Waals surface area contributed by atoms with Crippen molar-refractivity contribution < 1.29 is 18.0 Å². The largest absolute Gasteiger partial charge is 0.416 e. The predicted octanol–water partition coefficient (Wildman–Crippen LogP) is 2.97. The van der Waals surface area contributed by atoms with Gasteiger partial charge in [-0.1, -0.05) is 24.6 Å². The number of benzene rings is 1. The number of nitrogens with zero attached hydrogens (tertiary/aromatic N) is 5. The van der Waals surface area contributed by atoms with Gasteiger partial charge >= 0.3 is 6.18 Å². The number of carbonyl (C=O) groups is 1. The number of piperazine rings is 1. The van der Waals surface area contributed by atoms with Crippen LogP contribution in [-0.4, -0.2) is 72.1 Å². The summed E-state index contributed by atoms with van der Waals surface area (Å²) in [4.78, 5) is 30.8. The van der Waals surface area contributed by atoms with E-state index in [0.717, 1.165) is 45.1 Å². The maximum atomic E-state index is 13.3. The lowest BCUT2D eigenvalue weighted by molar-refractivity contribution is -0.138. The van der Waals surface area contributed by atoms with Crippen molar-refractivity contribution >= 4 is 23.8 Å². The SMILES string of the molecule is CNc1nc(NC2CCCC(C(=O)NCc3ccccc3C(F)(F)F)C2)nc(N2CCN(C)CC2)n1. The van der Waals surface area contributed by atoms with Crippen LogP contribution in [0, 0.1) is 5.92 Å². The molecule has 1 saturated carbocycles. The molecule has 0 spiro atoms. The van der Waals surface area contributed by atoms with E-state index in [9.17, 15) is 18.0 Å². The van der Waals surface area contributed by atoms with Crippen LogP contribution in [0.15, 0.2) is 24.3 Å². The van der Waals surface area contributed by atoms with Gasteiger partial charge in [-0.2, -0.15) is 28.1 Å². The number of aromatic nitrogens is 3. The minimum Gasteiger partial charge on any atom is -0.357 e. The maximum absolute atomic E-state index is 13.3. The topological polar surface area (TPSA) is 98.3 Å². The van der Waals surface area contributed by atoms with Crippen LogP contribution in [0.2, 0.25) is 0 Å². The van der Waals surface area contributed by atoms with Gasteiger partial charge < -0.3 is 25.8 Å². The summed E-state index contributed by atoms with van der Waals surface area (Å²) in [7, 11) is 3.84. The summed E-state index contributed by atoms with van der Waals surface area (Å²) < 4.78 is 39.8. The fourth-order valence-corrected chi connectivity index (χ4v) is 4.71. The zero-order valence-corrected chi connectivity index (χ0v) is 20.6. The fraction of sp³-hybridized carbons (Fsp3) is 0.583. The van der Waals surface area contributed by atoms with Crippen molar-refractivity contribution in [2.45, 2.75) is 44.4 Å². The van der Waals surface area contributed by atoms with Crippen LogP contribution >= 0.6 is 0 Å². The lowest BCUT2D eigenvalue weighted by Gasteiger charge is -2.33. The number of amides is 1. The number of anilines is 3. The molecular weight excluding hydrogens is 473 g/mol. The molecule has 9 nitrogen and oxygen atoms in total. The van der Waals surface area contributed by atoms with Gasteiger partial charge in [0.05, 0.1) is 5.56 Å².